The lowest BCUT2D eigenvalue weighted by Crippen LogP contribution is -2.13. The second-order valence-electron chi connectivity index (χ2n) is 7.07. The van der Waals surface area contributed by atoms with Crippen molar-refractivity contribution in [1.82, 2.24) is 4.98 Å². The van der Waals surface area contributed by atoms with Gasteiger partial charge in [-0.3, -0.25) is 4.98 Å². The lowest BCUT2D eigenvalue weighted by Gasteiger charge is -2.25. The van der Waals surface area contributed by atoms with E-state index in [-0.39, 0.29) is 0 Å². The smallest absolute Gasteiger partial charge is 0.0799 e. The molecule has 0 fully saturated rings. The van der Waals surface area contributed by atoms with Gasteiger partial charge in [-0.15, -0.1) is 0 Å². The fourth-order valence-corrected chi connectivity index (χ4v) is 3.06. The maximum atomic E-state index is 10.6. The first-order chi connectivity index (χ1) is 9.37. The Morgan fingerprint density at radius 1 is 1.20 bits per heavy atom. The number of hydrogen-bond acceptors (Lipinski definition) is 2. The van der Waals surface area contributed by atoms with Crippen LogP contribution in [-0.4, -0.2) is 10.1 Å². The summed E-state index contributed by atoms with van der Waals surface area (Å²) in [4.78, 5) is 4.18. The zero-order chi connectivity index (χ0) is 14.8. The predicted octanol–water partition coefficient (Wildman–Crippen LogP) is 4.73. The lowest BCUT2D eigenvalue weighted by atomic mass is 9.82. The minimum absolute atomic E-state index is 0.305. The van der Waals surface area contributed by atoms with Crippen molar-refractivity contribution in [2.24, 2.45) is 11.3 Å². The van der Waals surface area contributed by atoms with Gasteiger partial charge in [0.15, 0.2) is 0 Å². The molecular weight excluding hydrogens is 246 g/mol. The number of pyridine rings is 1. The van der Waals surface area contributed by atoms with Crippen molar-refractivity contribution in [2.45, 2.75) is 46.6 Å². The number of aliphatic hydroxyl groups is 1. The van der Waals surface area contributed by atoms with E-state index in [0.29, 0.717) is 11.3 Å². The molecule has 2 nitrogen and oxygen atoms in total. The zero-order valence-electron chi connectivity index (χ0n) is 12.9. The molecule has 1 aromatic heterocycles. The Balaban J connectivity index is 2.17. The summed E-state index contributed by atoms with van der Waals surface area (Å²) in [6.07, 6.45) is 5.14. The topological polar surface area (TPSA) is 33.1 Å². The molecule has 20 heavy (non-hydrogen) atoms. The van der Waals surface area contributed by atoms with Gasteiger partial charge in [0.1, 0.15) is 0 Å². The summed E-state index contributed by atoms with van der Waals surface area (Å²) in [5, 5.41) is 12.8. The summed E-state index contributed by atoms with van der Waals surface area (Å²) >= 11 is 0. The first kappa shape index (κ1) is 15.0. The van der Waals surface area contributed by atoms with Crippen molar-refractivity contribution >= 4 is 10.8 Å². The zero-order valence-corrected chi connectivity index (χ0v) is 12.9. The molecule has 2 unspecified atom stereocenters. The monoisotopic (exact) mass is 271 g/mol. The number of benzene rings is 1. The third-order valence-electron chi connectivity index (χ3n) is 3.66. The van der Waals surface area contributed by atoms with Crippen LogP contribution in [0.4, 0.5) is 0 Å². The van der Waals surface area contributed by atoms with Crippen LogP contribution in [0.1, 0.15) is 52.2 Å². The summed E-state index contributed by atoms with van der Waals surface area (Å²) in [7, 11) is 0. The van der Waals surface area contributed by atoms with E-state index in [1.807, 2.05) is 24.4 Å². The third-order valence-corrected chi connectivity index (χ3v) is 3.66. The van der Waals surface area contributed by atoms with E-state index in [4.69, 9.17) is 0 Å². The number of hydrogen-bond donors (Lipinski definition) is 1. The first-order valence-electron chi connectivity index (χ1n) is 7.37. The van der Waals surface area contributed by atoms with Crippen LogP contribution in [0, 0.1) is 11.3 Å². The Kier molecular flexibility index (Phi) is 4.44. The molecule has 1 heterocycles. The largest absolute Gasteiger partial charge is 0.388 e. The van der Waals surface area contributed by atoms with Crippen LogP contribution >= 0.6 is 0 Å². The molecule has 0 amide bonds. The normalized spacial score (nSPS) is 15.2. The maximum Gasteiger partial charge on any atom is 0.0799 e. The van der Waals surface area contributed by atoms with Gasteiger partial charge in [-0.05, 0) is 41.2 Å². The van der Waals surface area contributed by atoms with Crippen LogP contribution in [0.3, 0.4) is 0 Å². The molecule has 2 atom stereocenters. The lowest BCUT2D eigenvalue weighted by molar-refractivity contribution is 0.135. The summed E-state index contributed by atoms with van der Waals surface area (Å²) in [6.45, 7) is 8.96. The average Bonchev–Trinajstić information content (AvgIpc) is 2.35. The number of fused-ring (bicyclic) bond motifs is 1. The number of rotatable bonds is 4. The van der Waals surface area contributed by atoms with Crippen molar-refractivity contribution in [3.05, 3.63) is 42.2 Å². The summed E-state index contributed by atoms with van der Waals surface area (Å²) in [6, 6.07) is 8.07. The van der Waals surface area contributed by atoms with E-state index < -0.39 is 6.10 Å². The van der Waals surface area contributed by atoms with Crippen molar-refractivity contribution in [3.8, 4) is 0 Å². The van der Waals surface area contributed by atoms with Gasteiger partial charge in [0.2, 0.25) is 0 Å². The van der Waals surface area contributed by atoms with E-state index in [0.717, 1.165) is 29.2 Å². The highest BCUT2D eigenvalue weighted by molar-refractivity contribution is 5.85. The summed E-state index contributed by atoms with van der Waals surface area (Å²) in [5.74, 6) is 0.497. The molecule has 1 N–H and O–H groups in total. The molecule has 0 saturated heterocycles. The van der Waals surface area contributed by atoms with Gasteiger partial charge in [-0.1, -0.05) is 45.9 Å². The quantitative estimate of drug-likeness (QED) is 0.872. The molecule has 0 spiro atoms. The molecule has 0 bridgehead atoms. The van der Waals surface area contributed by atoms with Gasteiger partial charge in [0, 0.05) is 17.8 Å². The van der Waals surface area contributed by atoms with Gasteiger partial charge < -0.3 is 5.11 Å². The van der Waals surface area contributed by atoms with Crippen molar-refractivity contribution < 1.29 is 5.11 Å². The molecular formula is C18H25NO. The highest BCUT2D eigenvalue weighted by atomic mass is 16.3. The number of nitrogens with zero attached hydrogens (tertiary/aromatic N) is 1. The maximum absolute atomic E-state index is 10.6. The SMILES string of the molecule is CC(CC(O)c1cccc2ccncc12)CC(C)(C)C. The Hall–Kier alpha value is -1.41. The predicted molar refractivity (Wildman–Crippen MR) is 84.6 cm³/mol. The Morgan fingerprint density at radius 2 is 1.95 bits per heavy atom. The molecule has 2 aromatic rings. The van der Waals surface area contributed by atoms with Crippen molar-refractivity contribution in [2.75, 3.05) is 0 Å². The van der Waals surface area contributed by atoms with E-state index in [2.05, 4.69) is 38.7 Å². The van der Waals surface area contributed by atoms with Crippen LogP contribution in [-0.2, 0) is 0 Å². The van der Waals surface area contributed by atoms with Gasteiger partial charge in [-0.2, -0.15) is 0 Å². The molecule has 1 aromatic carbocycles. The summed E-state index contributed by atoms with van der Waals surface area (Å²) < 4.78 is 0. The number of aliphatic hydroxyl groups excluding tert-OH is 1. The van der Waals surface area contributed by atoms with Gasteiger partial charge >= 0.3 is 0 Å². The van der Waals surface area contributed by atoms with Crippen LogP contribution in [0.2, 0.25) is 0 Å². The second kappa shape index (κ2) is 5.92. The molecule has 0 radical (unpaired) electrons. The molecule has 0 aliphatic rings. The van der Waals surface area contributed by atoms with Gasteiger partial charge in [0.25, 0.3) is 0 Å². The highest BCUT2D eigenvalue weighted by Gasteiger charge is 2.19. The van der Waals surface area contributed by atoms with Gasteiger partial charge in [-0.25, -0.2) is 0 Å². The Morgan fingerprint density at radius 3 is 2.65 bits per heavy atom. The third kappa shape index (κ3) is 3.80. The fraction of sp³-hybridized carbons (Fsp3) is 0.500. The highest BCUT2D eigenvalue weighted by Crippen LogP contribution is 2.32. The molecule has 0 aliphatic carbocycles. The van der Waals surface area contributed by atoms with Crippen LogP contribution in [0.15, 0.2) is 36.7 Å². The van der Waals surface area contributed by atoms with E-state index in [1.54, 1.807) is 6.20 Å². The minimum atomic E-state index is -0.416. The van der Waals surface area contributed by atoms with Crippen molar-refractivity contribution in [1.29, 1.82) is 0 Å². The fourth-order valence-electron chi connectivity index (χ4n) is 3.06. The molecule has 0 aliphatic heterocycles. The number of aromatic nitrogens is 1. The average molecular weight is 271 g/mol. The molecule has 2 rings (SSSR count). The van der Waals surface area contributed by atoms with Crippen LogP contribution in [0.5, 0.6) is 0 Å². The first-order valence-corrected chi connectivity index (χ1v) is 7.37. The van der Waals surface area contributed by atoms with Crippen LogP contribution in [0.25, 0.3) is 10.8 Å². The second-order valence-corrected chi connectivity index (χ2v) is 7.07. The van der Waals surface area contributed by atoms with E-state index in [1.165, 1.54) is 0 Å². The molecule has 108 valence electrons. The minimum Gasteiger partial charge on any atom is -0.388 e. The van der Waals surface area contributed by atoms with Crippen molar-refractivity contribution in [3.63, 3.8) is 0 Å². The molecule has 2 heteroatoms. The Bertz CT molecular complexity index is 566. The van der Waals surface area contributed by atoms with E-state index >= 15 is 0 Å². The van der Waals surface area contributed by atoms with E-state index in [9.17, 15) is 5.11 Å². The van der Waals surface area contributed by atoms with Crippen LogP contribution < -0.4 is 0 Å². The standard InChI is InChI=1S/C18H25NO/c1-13(11-18(2,3)4)10-17(20)15-7-5-6-14-8-9-19-12-16(14)15/h5-9,12-13,17,20H,10-11H2,1-4H3. The van der Waals surface area contributed by atoms with Gasteiger partial charge in [0.05, 0.1) is 6.10 Å². The molecule has 0 saturated carbocycles. The summed E-state index contributed by atoms with van der Waals surface area (Å²) in [5.41, 5.74) is 1.30. The Labute approximate surface area is 121 Å².